The number of carbonyl (C=O) groups excluding carboxylic acids is 1. The summed E-state index contributed by atoms with van der Waals surface area (Å²) in [5, 5.41) is 10.4. The van der Waals surface area contributed by atoms with Gasteiger partial charge in [0.05, 0.1) is 28.9 Å². The number of likely N-dealkylation sites (tertiary alicyclic amines) is 1. The zero-order valence-corrected chi connectivity index (χ0v) is 29.9. The molecule has 3 aliphatic rings. The summed E-state index contributed by atoms with van der Waals surface area (Å²) in [5.41, 5.74) is 7.41. The first kappa shape index (κ1) is 33.0. The molecule has 2 saturated heterocycles. The van der Waals surface area contributed by atoms with E-state index in [2.05, 4.69) is 31.9 Å². The summed E-state index contributed by atoms with van der Waals surface area (Å²) < 4.78 is 8.49. The average Bonchev–Trinajstić information content (AvgIpc) is 3.84. The molecule has 2 amide bonds. The molecular weight excluding hydrogens is 668 g/mol. The van der Waals surface area contributed by atoms with Gasteiger partial charge < -0.3 is 20.7 Å². The highest BCUT2D eigenvalue weighted by molar-refractivity contribution is 6.36. The zero-order chi connectivity index (χ0) is 35.8. The van der Waals surface area contributed by atoms with Gasteiger partial charge in [-0.25, -0.2) is 19.6 Å². The van der Waals surface area contributed by atoms with Gasteiger partial charge in [0, 0.05) is 67.8 Å². The van der Waals surface area contributed by atoms with Crippen LogP contribution in [0.5, 0.6) is 5.88 Å². The van der Waals surface area contributed by atoms with E-state index in [9.17, 15) is 14.4 Å². The number of hydrogen-bond donors (Lipinski definition) is 3. The number of amides is 2. The minimum absolute atomic E-state index is 0.0945. The number of benzene rings is 2. The smallest absolute Gasteiger partial charge is 0.330 e. The molecule has 2 aromatic carbocycles. The molecule has 2 aliphatic heterocycles. The van der Waals surface area contributed by atoms with Gasteiger partial charge in [0.25, 0.3) is 5.56 Å². The first-order chi connectivity index (χ1) is 24.5. The fraction of sp³-hybridized carbons (Fsp3) is 0.342. The van der Waals surface area contributed by atoms with Crippen LogP contribution in [-0.2, 0) is 20.5 Å². The maximum Gasteiger partial charge on any atom is 0.330 e. The lowest BCUT2D eigenvalue weighted by Crippen LogP contribution is -2.46. The van der Waals surface area contributed by atoms with E-state index in [1.165, 1.54) is 17.2 Å². The van der Waals surface area contributed by atoms with Crippen molar-refractivity contribution in [2.75, 3.05) is 32.1 Å². The minimum Gasteiger partial charge on any atom is -0.481 e. The molecule has 3 aromatic heterocycles. The van der Waals surface area contributed by atoms with Gasteiger partial charge in [0.1, 0.15) is 11.2 Å². The highest BCUT2D eigenvalue weighted by Crippen LogP contribution is 2.46. The van der Waals surface area contributed by atoms with E-state index in [1.54, 1.807) is 20.2 Å². The molecule has 13 heteroatoms. The summed E-state index contributed by atoms with van der Waals surface area (Å²) in [7, 11) is 4.78. The van der Waals surface area contributed by atoms with Crippen LogP contribution in [0.1, 0.15) is 41.3 Å². The highest BCUT2D eigenvalue weighted by atomic mass is 35.5. The predicted octanol–water partition coefficient (Wildman–Crippen LogP) is 5.13. The summed E-state index contributed by atoms with van der Waals surface area (Å²) in [5.74, 6) is 0.979. The first-order valence-electron chi connectivity index (χ1n) is 17.1. The number of fused-ring (bicyclic) bond motifs is 2. The van der Waals surface area contributed by atoms with Crippen LogP contribution in [-0.4, -0.2) is 62.3 Å². The van der Waals surface area contributed by atoms with Gasteiger partial charge in [-0.15, -0.1) is 0 Å². The number of nitrogens with zero attached hydrogens (tertiary/aromatic N) is 5. The Morgan fingerprint density at radius 3 is 2.53 bits per heavy atom. The van der Waals surface area contributed by atoms with Gasteiger partial charge in [-0.2, -0.15) is 0 Å². The van der Waals surface area contributed by atoms with Crippen molar-refractivity contribution in [3.63, 3.8) is 0 Å². The summed E-state index contributed by atoms with van der Waals surface area (Å²) in [6, 6.07) is 15.8. The highest BCUT2D eigenvalue weighted by Gasteiger charge is 2.46. The lowest BCUT2D eigenvalue weighted by molar-refractivity contribution is 0.219. The number of hydrogen-bond acceptors (Lipinski definition) is 8. The van der Waals surface area contributed by atoms with Gasteiger partial charge in [0.15, 0.2) is 0 Å². The Morgan fingerprint density at radius 1 is 1.00 bits per heavy atom. The van der Waals surface area contributed by atoms with Gasteiger partial charge >= 0.3 is 11.7 Å². The first-order valence-corrected chi connectivity index (χ1v) is 17.5. The van der Waals surface area contributed by atoms with Crippen molar-refractivity contribution in [1.82, 2.24) is 34.6 Å². The van der Waals surface area contributed by atoms with Crippen LogP contribution in [0.15, 0.2) is 58.1 Å². The van der Waals surface area contributed by atoms with Crippen molar-refractivity contribution < 1.29 is 9.53 Å². The number of aryl methyl sites for hydroxylation is 3. The van der Waals surface area contributed by atoms with E-state index in [-0.39, 0.29) is 17.6 Å². The molecule has 51 heavy (non-hydrogen) atoms. The van der Waals surface area contributed by atoms with Crippen molar-refractivity contribution in [2.45, 2.75) is 44.7 Å². The maximum absolute atomic E-state index is 13.3. The monoisotopic (exact) mass is 706 g/mol. The fourth-order valence-electron chi connectivity index (χ4n) is 8.17. The van der Waals surface area contributed by atoms with Gasteiger partial charge in [0.2, 0.25) is 5.88 Å². The molecule has 2 atom stereocenters. The van der Waals surface area contributed by atoms with E-state index in [4.69, 9.17) is 21.3 Å². The molecule has 1 aliphatic carbocycles. The number of carbonyl (C=O) groups is 1. The molecule has 0 saturated carbocycles. The Bertz CT molecular complexity index is 2410. The number of pyridine rings is 2. The van der Waals surface area contributed by atoms with Crippen LogP contribution in [0.25, 0.3) is 33.3 Å². The Kier molecular flexibility index (Phi) is 7.91. The van der Waals surface area contributed by atoms with Crippen molar-refractivity contribution in [1.29, 1.82) is 0 Å². The standard InChI is InChI=1S/C38H39ClN8O4/c1-20-16-29-31(35(48)46(4)37(50)45(29)3)33(41-20)42-26-11-7-8-23(21(26)2)24-9-6-10-25(32(24)39)27-17-22-12-13-28(30(22)34(43-27)51-5)47-15-14-38(19-47)18-40-36(49)44-38/h6-11,16-17,28H,12-15,18-19H2,1-5H3,(H,41,42)(H2,40,44,49)/t28-,38-/m0/s1. The summed E-state index contributed by atoms with van der Waals surface area (Å²) in [4.78, 5) is 50.0. The minimum atomic E-state index is -0.416. The summed E-state index contributed by atoms with van der Waals surface area (Å²) >= 11 is 7.25. The molecular formula is C38H39ClN8O4. The second-order valence-corrected chi connectivity index (χ2v) is 14.3. The van der Waals surface area contributed by atoms with Crippen LogP contribution in [0.4, 0.5) is 16.3 Å². The number of urea groups is 1. The van der Waals surface area contributed by atoms with E-state index in [1.807, 2.05) is 50.2 Å². The molecule has 2 fully saturated rings. The fourth-order valence-corrected chi connectivity index (χ4v) is 8.49. The molecule has 0 bridgehead atoms. The number of halogens is 1. The van der Waals surface area contributed by atoms with Crippen molar-refractivity contribution in [2.24, 2.45) is 14.1 Å². The molecule has 12 nitrogen and oxygen atoms in total. The normalized spacial score (nSPS) is 19.8. The largest absolute Gasteiger partial charge is 0.481 e. The number of ether oxygens (including phenoxy) is 1. The van der Waals surface area contributed by atoms with E-state index in [0.717, 1.165) is 76.1 Å². The number of rotatable bonds is 6. The third-order valence-electron chi connectivity index (χ3n) is 10.8. The molecule has 1 spiro atoms. The molecule has 0 radical (unpaired) electrons. The second-order valence-electron chi connectivity index (χ2n) is 13.9. The lowest BCUT2D eigenvalue weighted by Gasteiger charge is -2.28. The van der Waals surface area contributed by atoms with E-state index >= 15 is 0 Å². The zero-order valence-electron chi connectivity index (χ0n) is 29.2. The number of aromatic nitrogens is 4. The molecule has 3 N–H and O–H groups in total. The number of anilines is 2. The SMILES string of the molecule is COc1nc(-c2cccc(-c3cccc(Nc4nc(C)cc5c4c(=O)n(C)c(=O)n5C)c3C)c2Cl)cc2c1[C@@H](N1CC[C@]3(CNC(=O)N3)C1)CC2. The Labute approximate surface area is 299 Å². The van der Waals surface area contributed by atoms with Crippen LogP contribution in [0.3, 0.4) is 0 Å². The third-order valence-corrected chi connectivity index (χ3v) is 11.3. The van der Waals surface area contributed by atoms with E-state index in [0.29, 0.717) is 39.9 Å². The number of nitrogens with one attached hydrogen (secondary N) is 3. The van der Waals surface area contributed by atoms with Crippen molar-refractivity contribution in [3.8, 4) is 28.3 Å². The Balaban J connectivity index is 1.14. The van der Waals surface area contributed by atoms with Crippen LogP contribution < -0.4 is 31.9 Å². The summed E-state index contributed by atoms with van der Waals surface area (Å²) in [6.07, 6.45) is 2.75. The molecule has 0 unspecified atom stereocenters. The maximum atomic E-state index is 13.3. The lowest BCUT2D eigenvalue weighted by atomic mass is 9.96. The van der Waals surface area contributed by atoms with E-state index < -0.39 is 11.2 Å². The van der Waals surface area contributed by atoms with Gasteiger partial charge in [-0.1, -0.05) is 41.9 Å². The predicted molar refractivity (Wildman–Crippen MR) is 198 cm³/mol. The van der Waals surface area contributed by atoms with Crippen molar-refractivity contribution in [3.05, 3.63) is 96.8 Å². The van der Waals surface area contributed by atoms with Crippen LogP contribution in [0, 0.1) is 13.8 Å². The topological polar surface area (TPSA) is 135 Å². The molecule has 5 heterocycles. The third kappa shape index (κ3) is 5.35. The Hall–Kier alpha value is -5.20. The number of methoxy groups -OCH3 is 1. The van der Waals surface area contributed by atoms with Gasteiger partial charge in [-0.3, -0.25) is 18.8 Å². The molecule has 262 valence electrons. The van der Waals surface area contributed by atoms with Crippen molar-refractivity contribution >= 4 is 40.0 Å². The molecule has 8 rings (SSSR count). The Morgan fingerprint density at radius 2 is 1.76 bits per heavy atom. The summed E-state index contributed by atoms with van der Waals surface area (Å²) in [6.45, 7) is 6.16. The quantitative estimate of drug-likeness (QED) is 0.221. The second kappa shape index (κ2) is 12.2. The average molecular weight is 707 g/mol. The van der Waals surface area contributed by atoms with Crippen LogP contribution in [0.2, 0.25) is 5.02 Å². The molecule has 5 aromatic rings. The van der Waals surface area contributed by atoms with Gasteiger partial charge in [-0.05, 0) is 68.0 Å². The van der Waals surface area contributed by atoms with Crippen LogP contribution >= 0.6 is 11.6 Å².